The summed E-state index contributed by atoms with van der Waals surface area (Å²) >= 11 is 0. The first kappa shape index (κ1) is 16.4. The zero-order valence-corrected chi connectivity index (χ0v) is 13.6. The lowest BCUT2D eigenvalue weighted by Gasteiger charge is -2.33. The van der Waals surface area contributed by atoms with Crippen LogP contribution in [0.1, 0.15) is 31.9 Å². The summed E-state index contributed by atoms with van der Waals surface area (Å²) in [5.74, 6) is 0. The molecule has 1 aliphatic heterocycles. The van der Waals surface area contributed by atoms with Crippen LogP contribution in [0, 0.1) is 0 Å². The third kappa shape index (κ3) is 3.83. The Labute approximate surface area is 127 Å². The van der Waals surface area contributed by atoms with Gasteiger partial charge in [-0.05, 0) is 37.6 Å². The van der Waals surface area contributed by atoms with Crippen LogP contribution >= 0.6 is 0 Å². The SMILES string of the molecule is CCCN1CCN(S(=O)(=O)c2cccc(C(C)N)c2)CC1. The second-order valence-corrected chi connectivity index (χ2v) is 7.54. The quantitative estimate of drug-likeness (QED) is 0.893. The molecule has 1 aromatic rings. The van der Waals surface area contributed by atoms with Gasteiger partial charge in [0.05, 0.1) is 4.90 Å². The van der Waals surface area contributed by atoms with Crippen molar-refractivity contribution in [2.24, 2.45) is 5.73 Å². The molecule has 1 saturated heterocycles. The van der Waals surface area contributed by atoms with Crippen LogP contribution in [-0.4, -0.2) is 50.3 Å². The molecule has 6 heteroatoms. The van der Waals surface area contributed by atoms with E-state index in [9.17, 15) is 8.42 Å². The molecule has 0 aromatic heterocycles. The largest absolute Gasteiger partial charge is 0.324 e. The fourth-order valence-electron chi connectivity index (χ4n) is 2.62. The second-order valence-electron chi connectivity index (χ2n) is 5.61. The predicted molar refractivity (Wildman–Crippen MR) is 84.5 cm³/mol. The molecule has 0 radical (unpaired) electrons. The van der Waals surface area contributed by atoms with Crippen molar-refractivity contribution in [3.63, 3.8) is 0 Å². The van der Waals surface area contributed by atoms with Crippen LogP contribution in [-0.2, 0) is 10.0 Å². The van der Waals surface area contributed by atoms with Gasteiger partial charge in [-0.3, -0.25) is 0 Å². The van der Waals surface area contributed by atoms with Gasteiger partial charge in [0.15, 0.2) is 0 Å². The Morgan fingerprint density at radius 3 is 2.48 bits per heavy atom. The number of hydrogen-bond acceptors (Lipinski definition) is 4. The molecule has 0 bridgehead atoms. The van der Waals surface area contributed by atoms with Crippen LogP contribution in [0.3, 0.4) is 0 Å². The van der Waals surface area contributed by atoms with Gasteiger partial charge in [0.1, 0.15) is 0 Å². The second kappa shape index (κ2) is 6.87. The van der Waals surface area contributed by atoms with Crippen LogP contribution in [0.15, 0.2) is 29.2 Å². The van der Waals surface area contributed by atoms with Crippen molar-refractivity contribution in [3.8, 4) is 0 Å². The molecule has 2 rings (SSSR count). The molecule has 0 spiro atoms. The summed E-state index contributed by atoms with van der Waals surface area (Å²) in [5, 5.41) is 0. The Morgan fingerprint density at radius 1 is 1.24 bits per heavy atom. The molecule has 21 heavy (non-hydrogen) atoms. The number of hydrogen-bond donors (Lipinski definition) is 1. The lowest BCUT2D eigenvalue weighted by atomic mass is 10.1. The topological polar surface area (TPSA) is 66.6 Å². The molecule has 1 atom stereocenters. The number of sulfonamides is 1. The summed E-state index contributed by atoms with van der Waals surface area (Å²) in [6.07, 6.45) is 1.10. The average molecular weight is 311 g/mol. The van der Waals surface area contributed by atoms with Crippen molar-refractivity contribution < 1.29 is 8.42 Å². The molecule has 1 aromatic carbocycles. The monoisotopic (exact) mass is 311 g/mol. The van der Waals surface area contributed by atoms with E-state index in [2.05, 4.69) is 11.8 Å². The van der Waals surface area contributed by atoms with Gasteiger partial charge in [-0.1, -0.05) is 19.1 Å². The third-order valence-corrected chi connectivity index (χ3v) is 5.79. The zero-order valence-electron chi connectivity index (χ0n) is 12.8. The summed E-state index contributed by atoms with van der Waals surface area (Å²) < 4.78 is 27.0. The Morgan fingerprint density at radius 2 is 1.90 bits per heavy atom. The van der Waals surface area contributed by atoms with Crippen molar-refractivity contribution in [3.05, 3.63) is 29.8 Å². The molecule has 0 amide bonds. The standard InChI is InChI=1S/C15H25N3O2S/c1-3-7-17-8-10-18(11-9-17)21(19,20)15-6-4-5-14(12-15)13(2)16/h4-6,12-13H,3,7-11,16H2,1-2H3. The first-order valence-electron chi connectivity index (χ1n) is 7.53. The molecular formula is C15H25N3O2S. The number of piperazine rings is 1. The van der Waals surface area contributed by atoms with Crippen LogP contribution in [0.4, 0.5) is 0 Å². The molecule has 0 saturated carbocycles. The van der Waals surface area contributed by atoms with E-state index < -0.39 is 10.0 Å². The van der Waals surface area contributed by atoms with Crippen molar-refractivity contribution >= 4 is 10.0 Å². The predicted octanol–water partition coefficient (Wildman–Crippen LogP) is 1.42. The zero-order chi connectivity index (χ0) is 15.5. The minimum atomic E-state index is -3.41. The van der Waals surface area contributed by atoms with Crippen molar-refractivity contribution in [1.82, 2.24) is 9.21 Å². The normalized spacial score (nSPS) is 19.6. The van der Waals surface area contributed by atoms with Crippen LogP contribution in [0.5, 0.6) is 0 Å². The van der Waals surface area contributed by atoms with Gasteiger partial charge >= 0.3 is 0 Å². The Bertz CT molecular complexity index is 564. The molecule has 1 fully saturated rings. The summed E-state index contributed by atoms with van der Waals surface area (Å²) in [7, 11) is -3.41. The summed E-state index contributed by atoms with van der Waals surface area (Å²) in [6, 6.07) is 6.81. The minimum absolute atomic E-state index is 0.165. The maximum absolute atomic E-state index is 12.7. The highest BCUT2D eigenvalue weighted by Crippen LogP contribution is 2.21. The fraction of sp³-hybridized carbons (Fsp3) is 0.600. The molecule has 1 aliphatic rings. The van der Waals surface area contributed by atoms with E-state index in [0.29, 0.717) is 18.0 Å². The van der Waals surface area contributed by atoms with Gasteiger partial charge < -0.3 is 10.6 Å². The highest BCUT2D eigenvalue weighted by atomic mass is 32.2. The first-order valence-corrected chi connectivity index (χ1v) is 8.97. The van der Waals surface area contributed by atoms with Crippen LogP contribution in [0.25, 0.3) is 0 Å². The van der Waals surface area contributed by atoms with E-state index in [1.165, 1.54) is 0 Å². The van der Waals surface area contributed by atoms with Gasteiger partial charge in [-0.25, -0.2) is 8.42 Å². The van der Waals surface area contributed by atoms with Gasteiger partial charge in [-0.15, -0.1) is 0 Å². The molecule has 1 unspecified atom stereocenters. The highest BCUT2D eigenvalue weighted by molar-refractivity contribution is 7.89. The Hall–Kier alpha value is -0.950. The van der Waals surface area contributed by atoms with Crippen LogP contribution < -0.4 is 5.73 Å². The molecule has 2 N–H and O–H groups in total. The maximum atomic E-state index is 12.7. The lowest BCUT2D eigenvalue weighted by molar-refractivity contribution is 0.188. The minimum Gasteiger partial charge on any atom is -0.324 e. The van der Waals surface area contributed by atoms with E-state index in [-0.39, 0.29) is 6.04 Å². The van der Waals surface area contributed by atoms with Gasteiger partial charge in [0, 0.05) is 32.2 Å². The molecule has 118 valence electrons. The summed E-state index contributed by atoms with van der Waals surface area (Å²) in [6.45, 7) is 7.77. The van der Waals surface area contributed by atoms with E-state index in [1.54, 1.807) is 22.5 Å². The summed E-state index contributed by atoms with van der Waals surface area (Å²) in [4.78, 5) is 2.66. The van der Waals surface area contributed by atoms with Crippen molar-refractivity contribution in [2.45, 2.75) is 31.2 Å². The smallest absolute Gasteiger partial charge is 0.243 e. The number of rotatable bonds is 5. The van der Waals surface area contributed by atoms with Gasteiger partial charge in [0.2, 0.25) is 10.0 Å². The number of nitrogens with zero attached hydrogens (tertiary/aromatic N) is 2. The summed E-state index contributed by atoms with van der Waals surface area (Å²) in [5.41, 5.74) is 6.69. The van der Waals surface area contributed by atoms with Gasteiger partial charge in [0.25, 0.3) is 0 Å². The third-order valence-electron chi connectivity index (χ3n) is 3.89. The first-order chi connectivity index (χ1) is 9.95. The van der Waals surface area contributed by atoms with Gasteiger partial charge in [-0.2, -0.15) is 4.31 Å². The van der Waals surface area contributed by atoms with Crippen molar-refractivity contribution in [1.29, 1.82) is 0 Å². The molecule has 1 heterocycles. The Balaban J connectivity index is 2.14. The van der Waals surface area contributed by atoms with E-state index in [0.717, 1.165) is 31.6 Å². The molecular weight excluding hydrogens is 286 g/mol. The van der Waals surface area contributed by atoms with E-state index in [1.807, 2.05) is 13.0 Å². The van der Waals surface area contributed by atoms with E-state index >= 15 is 0 Å². The number of benzene rings is 1. The highest BCUT2D eigenvalue weighted by Gasteiger charge is 2.28. The Kier molecular flexibility index (Phi) is 5.37. The number of nitrogens with two attached hydrogens (primary N) is 1. The average Bonchev–Trinajstić information content (AvgIpc) is 2.48. The maximum Gasteiger partial charge on any atom is 0.243 e. The lowest BCUT2D eigenvalue weighted by Crippen LogP contribution is -2.48. The van der Waals surface area contributed by atoms with Crippen molar-refractivity contribution in [2.75, 3.05) is 32.7 Å². The fourth-order valence-corrected chi connectivity index (χ4v) is 4.09. The molecule has 0 aliphatic carbocycles. The molecule has 5 nitrogen and oxygen atoms in total. The van der Waals surface area contributed by atoms with E-state index in [4.69, 9.17) is 5.73 Å². The van der Waals surface area contributed by atoms with Crippen LogP contribution in [0.2, 0.25) is 0 Å².